The average molecular weight is 438 g/mol. The second-order valence-electron chi connectivity index (χ2n) is 4.72. The molecule has 0 aliphatic rings. The molecule has 0 bridgehead atoms. The van der Waals surface area contributed by atoms with Gasteiger partial charge in [-0.05, 0) is 46.4 Å². The van der Waals surface area contributed by atoms with Crippen LogP contribution >= 0.6 is 22.6 Å². The highest BCUT2D eigenvalue weighted by molar-refractivity contribution is 14.1. The maximum Gasteiger partial charge on any atom is 0.433 e. The Morgan fingerprint density at radius 1 is 1.13 bits per heavy atom. The van der Waals surface area contributed by atoms with E-state index in [0.29, 0.717) is 27.1 Å². The summed E-state index contributed by atoms with van der Waals surface area (Å²) in [5, 5.41) is 0. The molecule has 0 atom stereocenters. The van der Waals surface area contributed by atoms with E-state index in [9.17, 15) is 13.2 Å². The fourth-order valence-electron chi connectivity index (χ4n) is 2.07. The summed E-state index contributed by atoms with van der Waals surface area (Å²) >= 11 is 1.83. The number of benzene rings is 1. The molecule has 1 aromatic heterocycles. The van der Waals surface area contributed by atoms with Gasteiger partial charge < -0.3 is 15.2 Å². The first-order chi connectivity index (χ1) is 10.8. The zero-order valence-electron chi connectivity index (χ0n) is 12.4. The molecule has 1 heterocycles. The van der Waals surface area contributed by atoms with Gasteiger partial charge in [0.2, 0.25) is 0 Å². The van der Waals surface area contributed by atoms with Gasteiger partial charge in [-0.1, -0.05) is 6.07 Å². The summed E-state index contributed by atoms with van der Waals surface area (Å²) in [6.45, 7) is 0. The lowest BCUT2D eigenvalue weighted by atomic mass is 10.0. The molecule has 4 nitrogen and oxygen atoms in total. The highest BCUT2D eigenvalue weighted by atomic mass is 127. The van der Waals surface area contributed by atoms with Crippen molar-refractivity contribution < 1.29 is 22.6 Å². The van der Waals surface area contributed by atoms with Crippen LogP contribution in [0.3, 0.4) is 0 Å². The van der Waals surface area contributed by atoms with Gasteiger partial charge >= 0.3 is 6.18 Å². The van der Waals surface area contributed by atoms with Gasteiger partial charge in [-0.2, -0.15) is 13.2 Å². The molecule has 2 aromatic rings. The van der Waals surface area contributed by atoms with Crippen molar-refractivity contribution in [3.63, 3.8) is 0 Å². The number of anilines is 1. The number of hydrogen-bond acceptors (Lipinski definition) is 4. The van der Waals surface area contributed by atoms with Crippen LogP contribution in [0.25, 0.3) is 0 Å². The molecule has 8 heteroatoms. The van der Waals surface area contributed by atoms with Crippen LogP contribution in [-0.2, 0) is 12.6 Å². The normalized spacial score (nSPS) is 11.4. The van der Waals surface area contributed by atoms with Gasteiger partial charge in [0.05, 0.1) is 14.2 Å². The van der Waals surface area contributed by atoms with Gasteiger partial charge in [0.15, 0.2) is 11.5 Å². The van der Waals surface area contributed by atoms with Crippen LogP contribution in [0.4, 0.5) is 19.0 Å². The number of nitrogen functional groups attached to an aromatic ring is 1. The lowest BCUT2D eigenvalue weighted by molar-refractivity contribution is -0.141. The monoisotopic (exact) mass is 438 g/mol. The maximum atomic E-state index is 12.7. The van der Waals surface area contributed by atoms with E-state index < -0.39 is 11.9 Å². The largest absolute Gasteiger partial charge is 0.493 e. The van der Waals surface area contributed by atoms with Crippen LogP contribution in [0.15, 0.2) is 24.3 Å². The molecule has 0 saturated heterocycles. The highest BCUT2D eigenvalue weighted by Gasteiger charge is 2.33. The quantitative estimate of drug-likeness (QED) is 0.737. The summed E-state index contributed by atoms with van der Waals surface area (Å²) < 4.78 is 49.0. The number of pyridine rings is 1. The molecule has 2 N–H and O–H groups in total. The minimum absolute atomic E-state index is 0.126. The molecule has 0 aliphatic heterocycles. The first kappa shape index (κ1) is 17.6. The first-order valence-electron chi connectivity index (χ1n) is 6.49. The van der Waals surface area contributed by atoms with Crippen molar-refractivity contribution in [3.05, 3.63) is 44.7 Å². The number of nitrogens with two attached hydrogens (primary N) is 1. The summed E-state index contributed by atoms with van der Waals surface area (Å²) in [4.78, 5) is 3.47. The van der Waals surface area contributed by atoms with Gasteiger partial charge in [-0.3, -0.25) is 0 Å². The molecule has 0 saturated carbocycles. The van der Waals surface area contributed by atoms with Gasteiger partial charge in [-0.15, -0.1) is 0 Å². The van der Waals surface area contributed by atoms with Crippen LogP contribution in [0, 0.1) is 3.57 Å². The second kappa shape index (κ2) is 6.81. The van der Waals surface area contributed by atoms with Gasteiger partial charge in [0.25, 0.3) is 0 Å². The van der Waals surface area contributed by atoms with Gasteiger partial charge in [0, 0.05) is 15.6 Å². The molecule has 2 rings (SSSR count). The third kappa shape index (κ3) is 3.98. The Kier molecular flexibility index (Phi) is 5.23. The van der Waals surface area contributed by atoms with Crippen molar-refractivity contribution in [2.75, 3.05) is 20.0 Å². The summed E-state index contributed by atoms with van der Waals surface area (Å²) in [7, 11) is 3.04. The lowest BCUT2D eigenvalue weighted by Gasteiger charge is -2.13. The number of alkyl halides is 3. The summed E-state index contributed by atoms with van der Waals surface area (Å²) in [5.41, 5.74) is 6.11. The third-order valence-electron chi connectivity index (χ3n) is 3.22. The Bertz CT molecular complexity index is 697. The standard InChI is InChI=1S/C15H14F3IN2O2/c1-22-11-4-3-8(6-12(11)23-2)5-9-10(19)7-13(15(16,17)18)21-14(9)20/h3-4,6-7H,5H2,1-2H3,(H2,20,21). The summed E-state index contributed by atoms with van der Waals surface area (Å²) in [6.07, 6.45) is -4.18. The Morgan fingerprint density at radius 3 is 2.30 bits per heavy atom. The maximum absolute atomic E-state index is 12.7. The SMILES string of the molecule is COc1ccc(Cc2c(I)cc(C(F)(F)F)nc2N)cc1OC. The smallest absolute Gasteiger partial charge is 0.433 e. The highest BCUT2D eigenvalue weighted by Crippen LogP contribution is 2.33. The van der Waals surface area contributed by atoms with Crippen molar-refractivity contribution in [2.45, 2.75) is 12.6 Å². The molecule has 0 amide bonds. The van der Waals surface area contributed by atoms with Crippen LogP contribution in [-0.4, -0.2) is 19.2 Å². The van der Waals surface area contributed by atoms with E-state index in [0.717, 1.165) is 11.6 Å². The molecule has 0 fully saturated rings. The van der Waals surface area contributed by atoms with Crippen LogP contribution in [0.5, 0.6) is 11.5 Å². The first-order valence-corrected chi connectivity index (χ1v) is 7.57. The molecule has 0 unspecified atom stereocenters. The van der Waals surface area contributed by atoms with E-state index in [1.54, 1.807) is 18.2 Å². The minimum Gasteiger partial charge on any atom is -0.493 e. The second-order valence-corrected chi connectivity index (χ2v) is 5.88. The number of hydrogen-bond donors (Lipinski definition) is 1. The molecule has 1 aromatic carbocycles. The van der Waals surface area contributed by atoms with E-state index in [1.165, 1.54) is 14.2 Å². The van der Waals surface area contributed by atoms with Crippen molar-refractivity contribution in [2.24, 2.45) is 0 Å². The summed E-state index contributed by atoms with van der Waals surface area (Å²) in [6, 6.07) is 6.28. The van der Waals surface area contributed by atoms with E-state index >= 15 is 0 Å². The van der Waals surface area contributed by atoms with E-state index in [4.69, 9.17) is 15.2 Å². The molecular weight excluding hydrogens is 424 g/mol. The minimum atomic E-state index is -4.52. The number of halogens is 4. The Morgan fingerprint density at radius 2 is 1.78 bits per heavy atom. The van der Waals surface area contributed by atoms with Crippen LogP contribution in [0.1, 0.15) is 16.8 Å². The van der Waals surface area contributed by atoms with E-state index in [1.807, 2.05) is 22.6 Å². The summed E-state index contributed by atoms with van der Waals surface area (Å²) in [5.74, 6) is 0.988. The number of ether oxygens (including phenoxy) is 2. The van der Waals surface area contributed by atoms with Crippen molar-refractivity contribution in [3.8, 4) is 11.5 Å². The van der Waals surface area contributed by atoms with Gasteiger partial charge in [0.1, 0.15) is 11.5 Å². The zero-order chi connectivity index (χ0) is 17.2. The average Bonchev–Trinajstić information content (AvgIpc) is 2.49. The molecule has 0 aliphatic carbocycles. The lowest BCUT2D eigenvalue weighted by Crippen LogP contribution is -2.12. The number of nitrogens with zero attached hydrogens (tertiary/aromatic N) is 1. The number of aromatic nitrogens is 1. The Hall–Kier alpha value is -1.71. The predicted octanol–water partition coefficient (Wildman–Crippen LogP) is 3.90. The number of rotatable bonds is 4. The Labute approximate surface area is 144 Å². The zero-order valence-corrected chi connectivity index (χ0v) is 14.5. The van der Waals surface area contributed by atoms with E-state index in [2.05, 4.69) is 4.98 Å². The van der Waals surface area contributed by atoms with Gasteiger partial charge in [-0.25, -0.2) is 4.98 Å². The molecular formula is C15H14F3IN2O2. The molecule has 124 valence electrons. The molecule has 23 heavy (non-hydrogen) atoms. The Balaban J connectivity index is 2.37. The van der Waals surface area contributed by atoms with Crippen LogP contribution in [0.2, 0.25) is 0 Å². The predicted molar refractivity (Wildman–Crippen MR) is 88.7 cm³/mol. The number of methoxy groups -OCH3 is 2. The van der Waals surface area contributed by atoms with Crippen molar-refractivity contribution in [1.82, 2.24) is 4.98 Å². The molecule has 0 spiro atoms. The fourth-order valence-corrected chi connectivity index (χ4v) is 2.84. The van der Waals surface area contributed by atoms with E-state index in [-0.39, 0.29) is 5.82 Å². The molecule has 0 radical (unpaired) electrons. The van der Waals surface area contributed by atoms with Crippen molar-refractivity contribution >= 4 is 28.4 Å². The van der Waals surface area contributed by atoms with Crippen LogP contribution < -0.4 is 15.2 Å². The van der Waals surface area contributed by atoms with Crippen molar-refractivity contribution in [1.29, 1.82) is 0 Å². The fraction of sp³-hybridized carbons (Fsp3) is 0.267. The topological polar surface area (TPSA) is 57.4 Å². The third-order valence-corrected chi connectivity index (χ3v) is 4.18.